The fourth-order valence-electron chi connectivity index (χ4n) is 2.07. The molecule has 17 heavy (non-hydrogen) atoms. The first-order valence-corrected chi connectivity index (χ1v) is 6.13. The lowest BCUT2D eigenvalue weighted by Crippen LogP contribution is -2.37. The maximum atomic E-state index is 12.2. The van der Waals surface area contributed by atoms with Crippen molar-refractivity contribution in [3.05, 3.63) is 5.69 Å². The monoisotopic (exact) mass is 236 g/mol. The first kappa shape index (κ1) is 12.0. The Balaban J connectivity index is 2.42. The molecule has 2 heterocycles. The van der Waals surface area contributed by atoms with Gasteiger partial charge < -0.3 is 10.6 Å². The van der Waals surface area contributed by atoms with Gasteiger partial charge in [-0.3, -0.25) is 9.48 Å². The van der Waals surface area contributed by atoms with Gasteiger partial charge in [-0.15, -0.1) is 0 Å². The van der Waals surface area contributed by atoms with Crippen molar-refractivity contribution in [1.29, 1.82) is 0 Å². The van der Waals surface area contributed by atoms with E-state index in [2.05, 4.69) is 15.7 Å². The van der Waals surface area contributed by atoms with Gasteiger partial charge in [-0.25, -0.2) is 0 Å². The zero-order valence-electron chi connectivity index (χ0n) is 10.9. The van der Waals surface area contributed by atoms with Gasteiger partial charge in [-0.05, 0) is 19.8 Å². The molecule has 1 aliphatic heterocycles. The third-order valence-electron chi connectivity index (χ3n) is 3.67. The number of fused-ring (bicyclic) bond motifs is 1. The second kappa shape index (κ2) is 4.05. The summed E-state index contributed by atoms with van der Waals surface area (Å²) in [7, 11) is 1.89. The maximum Gasteiger partial charge on any atom is 0.232 e. The first-order valence-electron chi connectivity index (χ1n) is 6.13. The van der Waals surface area contributed by atoms with Crippen molar-refractivity contribution in [2.75, 3.05) is 17.2 Å². The highest BCUT2D eigenvalue weighted by Crippen LogP contribution is 2.34. The van der Waals surface area contributed by atoms with Gasteiger partial charge in [0.15, 0.2) is 0 Å². The molecule has 1 aromatic rings. The minimum atomic E-state index is -0.357. The number of anilines is 2. The average Bonchev–Trinajstić information content (AvgIpc) is 2.54. The number of carbonyl (C=O) groups excluding carboxylic acids is 1. The fourth-order valence-corrected chi connectivity index (χ4v) is 2.07. The predicted molar refractivity (Wildman–Crippen MR) is 68.1 cm³/mol. The molecule has 0 radical (unpaired) electrons. The topological polar surface area (TPSA) is 59.0 Å². The van der Waals surface area contributed by atoms with Crippen molar-refractivity contribution >= 4 is 17.4 Å². The van der Waals surface area contributed by atoms with Crippen molar-refractivity contribution in [1.82, 2.24) is 9.78 Å². The Kier molecular flexibility index (Phi) is 2.85. The Hall–Kier alpha value is -1.52. The third-order valence-corrected chi connectivity index (χ3v) is 3.67. The van der Waals surface area contributed by atoms with Crippen molar-refractivity contribution in [3.8, 4) is 0 Å². The van der Waals surface area contributed by atoms with Crippen molar-refractivity contribution < 1.29 is 4.79 Å². The standard InChI is InChI=1S/C12H20N4O/c1-5-8-9-10(16(4)15-8)13-7-12(3,6-2)11(17)14-9/h13H,5-7H2,1-4H3,(H,14,17). The molecule has 1 aliphatic rings. The molecule has 2 N–H and O–H groups in total. The molecular formula is C12H20N4O. The summed E-state index contributed by atoms with van der Waals surface area (Å²) in [5.74, 6) is 0.987. The van der Waals surface area contributed by atoms with E-state index in [1.165, 1.54) is 0 Å². The van der Waals surface area contributed by atoms with E-state index >= 15 is 0 Å². The lowest BCUT2D eigenvalue weighted by molar-refractivity contribution is -0.124. The number of amides is 1. The fraction of sp³-hybridized carbons (Fsp3) is 0.667. The summed E-state index contributed by atoms with van der Waals surface area (Å²) >= 11 is 0. The van der Waals surface area contributed by atoms with Crippen LogP contribution in [0, 0.1) is 5.41 Å². The van der Waals surface area contributed by atoms with Crippen LogP contribution in [0.25, 0.3) is 0 Å². The van der Waals surface area contributed by atoms with Crippen molar-refractivity contribution in [3.63, 3.8) is 0 Å². The summed E-state index contributed by atoms with van der Waals surface area (Å²) < 4.78 is 1.80. The Morgan fingerprint density at radius 2 is 2.18 bits per heavy atom. The molecular weight excluding hydrogens is 216 g/mol. The minimum Gasteiger partial charge on any atom is -0.367 e. The normalized spacial score (nSPS) is 23.6. The summed E-state index contributed by atoms with van der Waals surface area (Å²) in [6.45, 7) is 6.71. The van der Waals surface area contributed by atoms with Gasteiger partial charge in [0.05, 0.1) is 11.1 Å². The van der Waals surface area contributed by atoms with E-state index in [9.17, 15) is 4.79 Å². The number of carbonyl (C=O) groups is 1. The van der Waals surface area contributed by atoms with Gasteiger partial charge in [-0.2, -0.15) is 5.10 Å². The maximum absolute atomic E-state index is 12.2. The summed E-state index contributed by atoms with van der Waals surface area (Å²) in [5, 5.41) is 10.8. The number of nitrogens with zero attached hydrogens (tertiary/aromatic N) is 2. The second-order valence-corrected chi connectivity index (χ2v) is 4.87. The Labute approximate surface area is 102 Å². The van der Waals surface area contributed by atoms with Crippen LogP contribution in [-0.2, 0) is 18.3 Å². The van der Waals surface area contributed by atoms with Crippen LogP contribution >= 0.6 is 0 Å². The molecule has 94 valence electrons. The molecule has 0 aromatic carbocycles. The molecule has 0 spiro atoms. The van der Waals surface area contributed by atoms with E-state index in [4.69, 9.17) is 0 Å². The molecule has 1 atom stereocenters. The van der Waals surface area contributed by atoms with Gasteiger partial charge in [-0.1, -0.05) is 13.8 Å². The van der Waals surface area contributed by atoms with Gasteiger partial charge in [0.2, 0.25) is 5.91 Å². The van der Waals surface area contributed by atoms with Gasteiger partial charge in [0, 0.05) is 13.6 Å². The number of rotatable bonds is 2. The molecule has 1 amide bonds. The molecule has 0 saturated carbocycles. The van der Waals surface area contributed by atoms with E-state index in [1.807, 2.05) is 27.8 Å². The number of nitrogens with one attached hydrogen (secondary N) is 2. The smallest absolute Gasteiger partial charge is 0.232 e. The lowest BCUT2D eigenvalue weighted by Gasteiger charge is -2.24. The summed E-state index contributed by atoms with van der Waals surface area (Å²) in [5.41, 5.74) is 1.42. The molecule has 2 rings (SSSR count). The Morgan fingerprint density at radius 3 is 2.76 bits per heavy atom. The van der Waals surface area contributed by atoms with Crippen LogP contribution in [0.2, 0.25) is 0 Å². The van der Waals surface area contributed by atoms with Gasteiger partial charge in [0.25, 0.3) is 0 Å². The summed E-state index contributed by atoms with van der Waals surface area (Å²) in [6.07, 6.45) is 1.63. The SMILES string of the molecule is CCc1nn(C)c2c1NC(=O)C(C)(CC)CN2. The highest BCUT2D eigenvalue weighted by molar-refractivity contribution is 5.99. The number of hydrogen-bond acceptors (Lipinski definition) is 3. The first-order chi connectivity index (χ1) is 8.01. The molecule has 5 nitrogen and oxygen atoms in total. The molecule has 0 bridgehead atoms. The lowest BCUT2D eigenvalue weighted by atomic mass is 9.86. The van der Waals surface area contributed by atoms with Crippen LogP contribution < -0.4 is 10.6 Å². The zero-order valence-corrected chi connectivity index (χ0v) is 10.9. The van der Waals surface area contributed by atoms with E-state index in [0.717, 1.165) is 30.0 Å². The van der Waals surface area contributed by atoms with Crippen LogP contribution in [0.5, 0.6) is 0 Å². The average molecular weight is 236 g/mol. The van der Waals surface area contributed by atoms with Crippen LogP contribution in [0.3, 0.4) is 0 Å². The molecule has 0 saturated heterocycles. The van der Waals surface area contributed by atoms with E-state index in [1.54, 1.807) is 4.68 Å². The molecule has 1 unspecified atom stereocenters. The number of aryl methyl sites for hydroxylation is 2. The molecule has 5 heteroatoms. The largest absolute Gasteiger partial charge is 0.367 e. The van der Waals surface area contributed by atoms with E-state index in [0.29, 0.717) is 6.54 Å². The van der Waals surface area contributed by atoms with Crippen molar-refractivity contribution in [2.24, 2.45) is 12.5 Å². The zero-order chi connectivity index (χ0) is 12.6. The van der Waals surface area contributed by atoms with Crippen LogP contribution in [0.4, 0.5) is 11.5 Å². The Morgan fingerprint density at radius 1 is 1.47 bits per heavy atom. The van der Waals surface area contributed by atoms with Gasteiger partial charge >= 0.3 is 0 Å². The van der Waals surface area contributed by atoms with E-state index < -0.39 is 0 Å². The molecule has 0 aliphatic carbocycles. The second-order valence-electron chi connectivity index (χ2n) is 4.87. The van der Waals surface area contributed by atoms with Crippen molar-refractivity contribution in [2.45, 2.75) is 33.6 Å². The summed E-state index contributed by atoms with van der Waals surface area (Å²) in [6, 6.07) is 0. The molecule has 1 aromatic heterocycles. The van der Waals surface area contributed by atoms with Crippen LogP contribution in [0.1, 0.15) is 32.9 Å². The van der Waals surface area contributed by atoms with Crippen LogP contribution in [0.15, 0.2) is 0 Å². The summed E-state index contributed by atoms with van der Waals surface area (Å²) in [4.78, 5) is 12.2. The van der Waals surface area contributed by atoms with Crippen LogP contribution in [-0.4, -0.2) is 22.2 Å². The highest BCUT2D eigenvalue weighted by Gasteiger charge is 2.35. The quantitative estimate of drug-likeness (QED) is 0.822. The third kappa shape index (κ3) is 1.79. The predicted octanol–water partition coefficient (Wildman–Crippen LogP) is 1.76. The number of aromatic nitrogens is 2. The highest BCUT2D eigenvalue weighted by atomic mass is 16.2. The van der Waals surface area contributed by atoms with E-state index in [-0.39, 0.29) is 11.3 Å². The van der Waals surface area contributed by atoms with Gasteiger partial charge in [0.1, 0.15) is 11.5 Å². The Bertz CT molecular complexity index is 452. The minimum absolute atomic E-state index is 0.0777. The number of hydrogen-bond donors (Lipinski definition) is 2. The molecule has 0 fully saturated rings.